The van der Waals surface area contributed by atoms with Gasteiger partial charge in [-0.05, 0) is 43.3 Å². The van der Waals surface area contributed by atoms with Gasteiger partial charge in [-0.15, -0.1) is 21.5 Å². The number of hydrogen-bond acceptors (Lipinski definition) is 5. The largest absolute Gasteiger partial charge is 0.321 e. The number of carbonyl (C=O) groups excluding carboxylic acids is 2. The monoisotopic (exact) mass is 327 g/mol. The summed E-state index contributed by atoms with van der Waals surface area (Å²) in [5, 5.41) is 9.99. The fourth-order valence-corrected chi connectivity index (χ4v) is 2.66. The van der Waals surface area contributed by atoms with Crippen LogP contribution in [0.3, 0.4) is 0 Å². The lowest BCUT2D eigenvalue weighted by Gasteiger charge is -2.06. The van der Waals surface area contributed by atoms with Gasteiger partial charge in [-0.2, -0.15) is 0 Å². The zero-order chi connectivity index (χ0) is 16.2. The van der Waals surface area contributed by atoms with Crippen molar-refractivity contribution in [1.82, 2.24) is 14.9 Å². The minimum Gasteiger partial charge on any atom is -0.321 e. The van der Waals surface area contributed by atoms with Crippen LogP contribution in [0.4, 0.5) is 5.69 Å². The summed E-state index contributed by atoms with van der Waals surface area (Å²) < 4.78 is 1.36. The predicted octanol–water partition coefficient (Wildman–Crippen LogP) is 2.28. The van der Waals surface area contributed by atoms with Crippen LogP contribution < -0.4 is 10.7 Å². The van der Waals surface area contributed by atoms with Crippen molar-refractivity contribution in [2.45, 2.75) is 6.92 Å². The molecule has 8 heteroatoms. The molecule has 0 radical (unpaired) electrons. The number of nitrogens with zero attached hydrogens (tertiary/aromatic N) is 3. The topological polar surface area (TPSA) is 88.9 Å². The molecule has 0 saturated heterocycles. The molecule has 0 bridgehead atoms. The van der Waals surface area contributed by atoms with E-state index in [0.717, 1.165) is 4.88 Å². The third-order valence-corrected chi connectivity index (χ3v) is 4.02. The van der Waals surface area contributed by atoms with Gasteiger partial charge >= 0.3 is 0 Å². The smallest absolute Gasteiger partial charge is 0.270 e. The second-order valence-corrected chi connectivity index (χ2v) is 6.04. The fraction of sp³-hybridized carbons (Fsp3) is 0.0667. The molecular formula is C15H13N5O2S. The highest BCUT2D eigenvalue weighted by atomic mass is 32.1. The molecule has 0 aliphatic carbocycles. The Morgan fingerprint density at radius 2 is 1.70 bits per heavy atom. The van der Waals surface area contributed by atoms with Crippen LogP contribution in [-0.4, -0.2) is 26.7 Å². The molecule has 0 fully saturated rings. The first-order valence-electron chi connectivity index (χ1n) is 6.75. The second-order valence-electron chi connectivity index (χ2n) is 4.75. The Labute approximate surface area is 136 Å². The van der Waals surface area contributed by atoms with Gasteiger partial charge in [0, 0.05) is 16.1 Å². The van der Waals surface area contributed by atoms with E-state index < -0.39 is 0 Å². The Hall–Kier alpha value is -3.00. The molecular weight excluding hydrogens is 314 g/mol. The Kier molecular flexibility index (Phi) is 4.15. The molecule has 0 aliphatic rings. The van der Waals surface area contributed by atoms with Gasteiger partial charge in [0.1, 0.15) is 12.7 Å². The number of amides is 2. The summed E-state index contributed by atoms with van der Waals surface area (Å²) in [7, 11) is 0. The van der Waals surface area contributed by atoms with Gasteiger partial charge in [-0.25, -0.2) is 4.68 Å². The minimum atomic E-state index is -0.295. The molecule has 2 N–H and O–H groups in total. The number of thiophene rings is 1. The molecule has 3 rings (SSSR count). The van der Waals surface area contributed by atoms with E-state index in [9.17, 15) is 9.59 Å². The van der Waals surface area contributed by atoms with Crippen LogP contribution in [0.15, 0.2) is 49.1 Å². The third-order valence-electron chi connectivity index (χ3n) is 3.02. The molecule has 2 heterocycles. The van der Waals surface area contributed by atoms with E-state index >= 15 is 0 Å². The molecule has 0 unspecified atom stereocenters. The number of aryl methyl sites for hydroxylation is 1. The maximum Gasteiger partial charge on any atom is 0.270 e. The van der Waals surface area contributed by atoms with Crippen LogP contribution in [0, 0.1) is 6.92 Å². The quantitative estimate of drug-likeness (QED) is 0.769. The van der Waals surface area contributed by atoms with Gasteiger partial charge in [0.25, 0.3) is 11.8 Å². The van der Waals surface area contributed by atoms with Crippen LogP contribution in [0.25, 0.3) is 0 Å². The average molecular weight is 327 g/mol. The normalized spacial score (nSPS) is 10.3. The van der Waals surface area contributed by atoms with Crippen LogP contribution in [-0.2, 0) is 0 Å². The summed E-state index contributed by atoms with van der Waals surface area (Å²) in [6, 6.07) is 10.3. The Bertz CT molecular complexity index is 824. The maximum absolute atomic E-state index is 12.1. The highest BCUT2D eigenvalue weighted by molar-refractivity contribution is 7.14. The molecule has 116 valence electrons. The van der Waals surface area contributed by atoms with Crippen molar-refractivity contribution in [3.63, 3.8) is 0 Å². The lowest BCUT2D eigenvalue weighted by atomic mass is 10.2. The summed E-state index contributed by atoms with van der Waals surface area (Å²) in [5.74, 6) is -0.457. The Morgan fingerprint density at radius 1 is 1.00 bits per heavy atom. The first-order chi connectivity index (χ1) is 11.1. The van der Waals surface area contributed by atoms with E-state index in [0.29, 0.717) is 16.1 Å². The molecule has 0 saturated carbocycles. The van der Waals surface area contributed by atoms with Crippen LogP contribution >= 0.6 is 11.3 Å². The van der Waals surface area contributed by atoms with Gasteiger partial charge in [0.2, 0.25) is 0 Å². The van der Waals surface area contributed by atoms with Crippen LogP contribution in [0.2, 0.25) is 0 Å². The summed E-state index contributed by atoms with van der Waals surface area (Å²) in [6.07, 6.45) is 2.77. The summed E-state index contributed by atoms with van der Waals surface area (Å²) in [5.41, 5.74) is 3.68. The molecule has 0 atom stereocenters. The lowest BCUT2D eigenvalue weighted by molar-refractivity contribution is 0.100. The summed E-state index contributed by atoms with van der Waals surface area (Å²) in [4.78, 5) is 25.8. The standard InChI is InChI=1S/C15H13N5O2S/c1-10-2-7-13(23-10)15(22)18-12-5-3-11(4-6-12)14(21)19-20-8-16-17-9-20/h2-9H,1H3,(H,18,22)(H,19,21). The average Bonchev–Trinajstić information content (AvgIpc) is 3.19. The third kappa shape index (κ3) is 3.61. The molecule has 7 nitrogen and oxygen atoms in total. The highest BCUT2D eigenvalue weighted by Crippen LogP contribution is 2.17. The minimum absolute atomic E-state index is 0.162. The van der Waals surface area contributed by atoms with E-state index in [2.05, 4.69) is 20.9 Å². The van der Waals surface area contributed by atoms with Crippen molar-refractivity contribution >= 4 is 28.8 Å². The molecule has 0 aliphatic heterocycles. The van der Waals surface area contributed by atoms with E-state index in [1.165, 1.54) is 28.7 Å². The van der Waals surface area contributed by atoms with E-state index in [4.69, 9.17) is 0 Å². The molecule has 0 spiro atoms. The number of anilines is 1. The second kappa shape index (κ2) is 6.41. The van der Waals surface area contributed by atoms with E-state index in [-0.39, 0.29) is 11.8 Å². The maximum atomic E-state index is 12.1. The number of rotatable bonds is 4. The number of benzene rings is 1. The van der Waals surface area contributed by atoms with Gasteiger partial charge in [-0.3, -0.25) is 15.0 Å². The highest BCUT2D eigenvalue weighted by Gasteiger charge is 2.10. The summed E-state index contributed by atoms with van der Waals surface area (Å²) in [6.45, 7) is 1.95. The van der Waals surface area contributed by atoms with Crippen molar-refractivity contribution in [3.05, 3.63) is 64.4 Å². The fourth-order valence-electron chi connectivity index (χ4n) is 1.89. The van der Waals surface area contributed by atoms with Crippen molar-refractivity contribution in [2.24, 2.45) is 0 Å². The molecule has 23 heavy (non-hydrogen) atoms. The molecule has 3 aromatic rings. The van der Waals surface area contributed by atoms with Crippen LogP contribution in [0.1, 0.15) is 24.9 Å². The number of carbonyl (C=O) groups is 2. The molecule has 2 amide bonds. The summed E-state index contributed by atoms with van der Waals surface area (Å²) >= 11 is 1.43. The number of nitrogens with one attached hydrogen (secondary N) is 2. The van der Waals surface area contributed by atoms with E-state index in [1.54, 1.807) is 30.3 Å². The van der Waals surface area contributed by atoms with Gasteiger partial charge in [-0.1, -0.05) is 0 Å². The zero-order valence-electron chi connectivity index (χ0n) is 12.2. The Balaban J connectivity index is 1.65. The Morgan fingerprint density at radius 3 is 2.30 bits per heavy atom. The van der Waals surface area contributed by atoms with Gasteiger partial charge in [0.05, 0.1) is 4.88 Å². The zero-order valence-corrected chi connectivity index (χ0v) is 13.0. The van der Waals surface area contributed by atoms with Crippen LogP contribution in [0.5, 0.6) is 0 Å². The van der Waals surface area contributed by atoms with Crippen molar-refractivity contribution < 1.29 is 9.59 Å². The predicted molar refractivity (Wildman–Crippen MR) is 87.2 cm³/mol. The molecule has 2 aromatic heterocycles. The molecule has 1 aromatic carbocycles. The van der Waals surface area contributed by atoms with Crippen molar-refractivity contribution in [2.75, 3.05) is 10.7 Å². The van der Waals surface area contributed by atoms with E-state index in [1.807, 2.05) is 13.0 Å². The first kappa shape index (κ1) is 14.9. The van der Waals surface area contributed by atoms with Crippen molar-refractivity contribution in [3.8, 4) is 0 Å². The van der Waals surface area contributed by atoms with Gasteiger partial charge in [0.15, 0.2) is 0 Å². The number of aromatic nitrogens is 3. The van der Waals surface area contributed by atoms with Gasteiger partial charge < -0.3 is 5.32 Å². The van der Waals surface area contributed by atoms with Crippen molar-refractivity contribution in [1.29, 1.82) is 0 Å². The SMILES string of the molecule is Cc1ccc(C(=O)Nc2ccc(C(=O)Nn3cnnc3)cc2)s1. The first-order valence-corrected chi connectivity index (χ1v) is 7.57. The number of hydrogen-bond donors (Lipinski definition) is 2. The lowest BCUT2D eigenvalue weighted by Crippen LogP contribution is -2.21.